The zero-order chi connectivity index (χ0) is 10.4. The van der Waals surface area contributed by atoms with Gasteiger partial charge in [0.2, 0.25) is 0 Å². The van der Waals surface area contributed by atoms with Gasteiger partial charge in [0.1, 0.15) is 0 Å². The third-order valence-corrected chi connectivity index (χ3v) is 6.12. The topological polar surface area (TPSA) is 27.7 Å². The van der Waals surface area contributed by atoms with Crippen molar-refractivity contribution in [3.63, 3.8) is 0 Å². The van der Waals surface area contributed by atoms with E-state index in [0.29, 0.717) is 3.92 Å². The van der Waals surface area contributed by atoms with Crippen molar-refractivity contribution < 1.29 is 13.3 Å². The Morgan fingerprint density at radius 1 is 1.00 bits per heavy atom. The van der Waals surface area contributed by atoms with Gasteiger partial charge in [-0.3, -0.25) is 0 Å². The maximum atomic E-state index is 5.55. The molecular formula is C6H13Cl2IO3Si. The molecule has 80 valence electrons. The highest BCUT2D eigenvalue weighted by atomic mass is 127. The summed E-state index contributed by atoms with van der Waals surface area (Å²) in [7, 11) is 3.05. The van der Waals surface area contributed by atoms with Crippen molar-refractivity contribution in [3.8, 4) is 0 Å². The molecule has 0 bridgehead atoms. The molecule has 0 saturated heterocycles. The van der Waals surface area contributed by atoms with Gasteiger partial charge in [0, 0.05) is 25.3 Å². The van der Waals surface area contributed by atoms with E-state index in [0.717, 1.165) is 0 Å². The minimum Gasteiger partial charge on any atom is -0.379 e. The van der Waals surface area contributed by atoms with E-state index >= 15 is 0 Å². The monoisotopic (exact) mass is 358 g/mol. The lowest BCUT2D eigenvalue weighted by atomic mass is 11.0. The molecule has 2 unspecified atom stereocenters. The highest BCUT2D eigenvalue weighted by Gasteiger charge is 2.45. The minimum atomic E-state index is -1.67. The van der Waals surface area contributed by atoms with Crippen LogP contribution in [0.4, 0.5) is 0 Å². The van der Waals surface area contributed by atoms with Crippen molar-refractivity contribution >= 4 is 55.3 Å². The fraction of sp³-hybridized carbons (Fsp3) is 1.00. The quantitative estimate of drug-likeness (QED) is 0.436. The minimum absolute atomic E-state index is 0.243. The maximum Gasteiger partial charge on any atom is 0.483 e. The number of rotatable bonds is 3. The molecule has 0 aromatic carbocycles. The summed E-state index contributed by atoms with van der Waals surface area (Å²) in [5.41, 5.74) is 0. The van der Waals surface area contributed by atoms with E-state index < -0.39 is 9.53 Å². The van der Waals surface area contributed by atoms with E-state index in [1.54, 1.807) is 21.3 Å². The Bertz CT molecular complexity index is 113. The first-order chi connectivity index (χ1) is 6.08. The SMILES string of the molecule is CO[SiH](OC)OC.ClC1C(Cl)C1I. The molecule has 1 aliphatic rings. The molecule has 7 heteroatoms. The molecule has 0 N–H and O–H groups in total. The van der Waals surface area contributed by atoms with Gasteiger partial charge in [-0.15, -0.1) is 23.2 Å². The van der Waals surface area contributed by atoms with E-state index in [9.17, 15) is 0 Å². The van der Waals surface area contributed by atoms with Crippen LogP contribution in [0.3, 0.4) is 0 Å². The normalized spacial score (nSPS) is 31.2. The van der Waals surface area contributed by atoms with Gasteiger partial charge in [-0.25, -0.2) is 0 Å². The lowest BCUT2D eigenvalue weighted by molar-refractivity contribution is 0.163. The van der Waals surface area contributed by atoms with Crippen molar-refractivity contribution in [2.24, 2.45) is 0 Å². The van der Waals surface area contributed by atoms with E-state index in [4.69, 9.17) is 36.5 Å². The molecule has 0 aliphatic heterocycles. The van der Waals surface area contributed by atoms with E-state index in [-0.39, 0.29) is 10.8 Å². The van der Waals surface area contributed by atoms with Crippen molar-refractivity contribution in [3.05, 3.63) is 0 Å². The molecule has 0 radical (unpaired) electrons. The van der Waals surface area contributed by atoms with Gasteiger partial charge >= 0.3 is 9.53 Å². The highest BCUT2D eigenvalue weighted by Crippen LogP contribution is 2.41. The lowest BCUT2D eigenvalue weighted by Gasteiger charge is -2.05. The van der Waals surface area contributed by atoms with Crippen LogP contribution in [0.1, 0.15) is 0 Å². The second-order valence-corrected chi connectivity index (χ2v) is 6.77. The first-order valence-corrected chi connectivity index (χ1v) is 7.12. The Labute approximate surface area is 104 Å². The van der Waals surface area contributed by atoms with E-state index in [1.165, 1.54) is 0 Å². The molecule has 3 nitrogen and oxygen atoms in total. The van der Waals surface area contributed by atoms with Crippen LogP contribution in [-0.4, -0.2) is 45.5 Å². The molecular weight excluding hydrogens is 346 g/mol. The van der Waals surface area contributed by atoms with Crippen molar-refractivity contribution in [2.45, 2.75) is 14.7 Å². The van der Waals surface area contributed by atoms with Gasteiger partial charge in [0.05, 0.1) is 10.8 Å². The van der Waals surface area contributed by atoms with E-state index in [2.05, 4.69) is 22.6 Å². The average Bonchev–Trinajstić information content (AvgIpc) is 2.66. The fourth-order valence-electron chi connectivity index (χ4n) is 0.497. The summed E-state index contributed by atoms with van der Waals surface area (Å²) in [5.74, 6) is 0. The van der Waals surface area contributed by atoms with Crippen LogP contribution in [0, 0.1) is 0 Å². The maximum absolute atomic E-state index is 5.55. The second kappa shape index (κ2) is 7.67. The fourth-order valence-corrected chi connectivity index (χ4v) is 2.75. The molecule has 1 aliphatic carbocycles. The first kappa shape index (κ1) is 14.4. The van der Waals surface area contributed by atoms with E-state index in [1.807, 2.05) is 0 Å². The number of hydrogen-bond donors (Lipinski definition) is 0. The van der Waals surface area contributed by atoms with Crippen LogP contribution in [0.25, 0.3) is 0 Å². The first-order valence-electron chi connectivity index (χ1n) is 3.59. The van der Waals surface area contributed by atoms with Gasteiger partial charge in [-0.1, -0.05) is 22.6 Å². The molecule has 0 aromatic rings. The average molecular weight is 359 g/mol. The molecule has 1 saturated carbocycles. The molecule has 0 aromatic heterocycles. The third kappa shape index (κ3) is 5.76. The third-order valence-electron chi connectivity index (χ3n) is 1.35. The Kier molecular flexibility index (Phi) is 8.50. The van der Waals surface area contributed by atoms with Crippen molar-refractivity contribution in [1.82, 2.24) is 0 Å². The highest BCUT2D eigenvalue weighted by molar-refractivity contribution is 14.1. The summed E-state index contributed by atoms with van der Waals surface area (Å²) < 4.78 is 14.7. The summed E-state index contributed by atoms with van der Waals surface area (Å²) in [6, 6.07) is 0. The molecule has 1 fully saturated rings. The summed E-state index contributed by atoms with van der Waals surface area (Å²) in [5, 5.41) is 0.486. The van der Waals surface area contributed by atoms with Gasteiger partial charge in [0.25, 0.3) is 0 Å². The van der Waals surface area contributed by atoms with Gasteiger partial charge < -0.3 is 13.3 Å². The van der Waals surface area contributed by atoms with Crippen molar-refractivity contribution in [2.75, 3.05) is 21.3 Å². The van der Waals surface area contributed by atoms with Gasteiger partial charge in [-0.05, 0) is 0 Å². The van der Waals surface area contributed by atoms with Crippen molar-refractivity contribution in [1.29, 1.82) is 0 Å². The molecule has 13 heavy (non-hydrogen) atoms. The smallest absolute Gasteiger partial charge is 0.379 e. The second-order valence-electron chi connectivity index (χ2n) is 2.33. The number of alkyl halides is 3. The predicted octanol–water partition coefficient (Wildman–Crippen LogP) is 1.66. The Morgan fingerprint density at radius 3 is 1.23 bits per heavy atom. The zero-order valence-electron chi connectivity index (χ0n) is 7.67. The standard InChI is InChI=1S/C3H3Cl2I.C3H10O3Si/c4-1-2(5)3(1)6;1-4-7(5-2)6-3/h1-3H;7H,1-3H3. The largest absolute Gasteiger partial charge is 0.483 e. The Morgan fingerprint density at radius 2 is 1.23 bits per heavy atom. The molecule has 0 amide bonds. The zero-order valence-corrected chi connectivity index (χ0v) is 12.5. The molecule has 0 heterocycles. The lowest BCUT2D eigenvalue weighted by Crippen LogP contribution is -2.21. The Balaban J connectivity index is 0.000000223. The van der Waals surface area contributed by atoms with Crippen LogP contribution in [-0.2, 0) is 13.3 Å². The summed E-state index contributed by atoms with van der Waals surface area (Å²) in [4.78, 5) is 0. The summed E-state index contributed by atoms with van der Waals surface area (Å²) in [6.45, 7) is 0. The number of halogens is 3. The molecule has 1 rings (SSSR count). The summed E-state index contributed by atoms with van der Waals surface area (Å²) in [6.07, 6.45) is 0. The van der Waals surface area contributed by atoms with Crippen LogP contribution in [0.2, 0.25) is 0 Å². The summed E-state index contributed by atoms with van der Waals surface area (Å²) >= 11 is 13.3. The molecule has 0 spiro atoms. The van der Waals surface area contributed by atoms with Gasteiger partial charge in [-0.2, -0.15) is 0 Å². The van der Waals surface area contributed by atoms with Crippen LogP contribution in [0.15, 0.2) is 0 Å². The molecule has 2 atom stereocenters. The Hall–Kier alpha value is 1.41. The number of hydrogen-bond acceptors (Lipinski definition) is 3. The van der Waals surface area contributed by atoms with Crippen LogP contribution < -0.4 is 0 Å². The van der Waals surface area contributed by atoms with Crippen LogP contribution in [0.5, 0.6) is 0 Å². The predicted molar refractivity (Wildman–Crippen MR) is 65.3 cm³/mol. The van der Waals surface area contributed by atoms with Gasteiger partial charge in [0.15, 0.2) is 0 Å². The van der Waals surface area contributed by atoms with Crippen LogP contribution >= 0.6 is 45.8 Å².